The zero-order valence-corrected chi connectivity index (χ0v) is 19.3. The first-order valence-corrected chi connectivity index (χ1v) is 10.9. The number of carbonyl (C=O) groups is 3. The van der Waals surface area contributed by atoms with Crippen molar-refractivity contribution in [2.24, 2.45) is 0 Å². The molecule has 2 aromatic carbocycles. The van der Waals surface area contributed by atoms with Crippen molar-refractivity contribution in [3.8, 4) is 23.0 Å². The summed E-state index contributed by atoms with van der Waals surface area (Å²) in [5.74, 6) is -1.79. The minimum atomic E-state index is -0.706. The summed E-state index contributed by atoms with van der Waals surface area (Å²) < 4.78 is 6.62. The standard InChI is InChI=1S/C27H22N4O4/c1-18-23(26(33)30(13-14-35-19(2)32)27(34)24(18)16-28)15-21-17-31(22-11-7-4-8-12-22)29-25(21)20-9-5-3-6-10-20/h3-12,15,17H,13-14H2,1-2H3/b23-15+. The van der Waals surface area contributed by atoms with Crippen LogP contribution in [0.25, 0.3) is 23.0 Å². The van der Waals surface area contributed by atoms with E-state index >= 15 is 0 Å². The summed E-state index contributed by atoms with van der Waals surface area (Å²) in [4.78, 5) is 38.2. The number of imide groups is 1. The fourth-order valence-corrected chi connectivity index (χ4v) is 3.80. The molecule has 0 spiro atoms. The molecule has 0 radical (unpaired) electrons. The Labute approximate surface area is 202 Å². The molecule has 35 heavy (non-hydrogen) atoms. The van der Waals surface area contributed by atoms with Crippen molar-refractivity contribution < 1.29 is 19.1 Å². The van der Waals surface area contributed by atoms with Crippen LogP contribution in [0.2, 0.25) is 0 Å². The SMILES string of the molecule is CC(=O)OCCN1C(=O)C(C#N)=C(C)/C(=C\c2cn(-c3ccccc3)nc2-c2ccccc2)C1=O. The Morgan fingerprint density at radius 2 is 1.71 bits per heavy atom. The Bertz CT molecular complexity index is 1400. The van der Waals surface area contributed by atoms with Gasteiger partial charge in [0.25, 0.3) is 11.8 Å². The summed E-state index contributed by atoms with van der Waals surface area (Å²) in [6.07, 6.45) is 3.45. The third kappa shape index (κ3) is 4.80. The van der Waals surface area contributed by atoms with Gasteiger partial charge in [-0.1, -0.05) is 48.5 Å². The van der Waals surface area contributed by atoms with Gasteiger partial charge in [-0.15, -0.1) is 0 Å². The monoisotopic (exact) mass is 466 g/mol. The van der Waals surface area contributed by atoms with Crippen molar-refractivity contribution in [2.75, 3.05) is 13.2 Å². The number of esters is 1. The number of hydrogen-bond donors (Lipinski definition) is 0. The zero-order chi connectivity index (χ0) is 24.9. The van der Waals surface area contributed by atoms with E-state index in [0.29, 0.717) is 11.3 Å². The highest BCUT2D eigenvalue weighted by Gasteiger charge is 2.35. The molecule has 8 heteroatoms. The van der Waals surface area contributed by atoms with Gasteiger partial charge in [0.1, 0.15) is 18.2 Å². The molecule has 0 saturated heterocycles. The van der Waals surface area contributed by atoms with Crippen LogP contribution in [0.3, 0.4) is 0 Å². The van der Waals surface area contributed by atoms with E-state index in [1.54, 1.807) is 23.9 Å². The molecule has 174 valence electrons. The van der Waals surface area contributed by atoms with Crippen LogP contribution in [0.4, 0.5) is 0 Å². The summed E-state index contributed by atoms with van der Waals surface area (Å²) in [6.45, 7) is 2.51. The molecule has 0 saturated carbocycles. The van der Waals surface area contributed by atoms with E-state index in [0.717, 1.165) is 16.2 Å². The molecule has 1 aliphatic heterocycles. The van der Waals surface area contributed by atoms with Gasteiger partial charge < -0.3 is 4.74 Å². The normalized spacial score (nSPS) is 14.9. The summed E-state index contributed by atoms with van der Waals surface area (Å²) >= 11 is 0. The molecule has 4 rings (SSSR count). The molecule has 1 aliphatic rings. The molecule has 0 fully saturated rings. The number of hydrogen-bond acceptors (Lipinski definition) is 6. The smallest absolute Gasteiger partial charge is 0.302 e. The molecule has 3 aromatic rings. The Balaban J connectivity index is 1.83. The van der Waals surface area contributed by atoms with Gasteiger partial charge in [0, 0.05) is 29.8 Å². The number of rotatable bonds is 6. The highest BCUT2D eigenvalue weighted by atomic mass is 16.5. The lowest BCUT2D eigenvalue weighted by molar-refractivity contribution is -0.147. The summed E-state index contributed by atoms with van der Waals surface area (Å²) in [5, 5.41) is 14.4. The van der Waals surface area contributed by atoms with Crippen LogP contribution in [0.5, 0.6) is 0 Å². The first-order chi connectivity index (χ1) is 16.9. The Morgan fingerprint density at radius 1 is 1.06 bits per heavy atom. The van der Waals surface area contributed by atoms with E-state index in [1.807, 2.05) is 66.7 Å². The molecular formula is C27H22N4O4. The quantitative estimate of drug-likeness (QED) is 0.312. The number of amides is 2. The molecule has 8 nitrogen and oxygen atoms in total. The molecule has 2 heterocycles. The summed E-state index contributed by atoms with van der Waals surface area (Å²) in [6, 6.07) is 21.0. The largest absolute Gasteiger partial charge is 0.464 e. The summed E-state index contributed by atoms with van der Waals surface area (Å²) in [7, 11) is 0. The molecule has 0 aliphatic carbocycles. The van der Waals surface area contributed by atoms with Crippen molar-refractivity contribution in [3.63, 3.8) is 0 Å². The van der Waals surface area contributed by atoms with E-state index in [4.69, 9.17) is 9.84 Å². The lowest BCUT2D eigenvalue weighted by atomic mass is 9.93. The maximum absolute atomic E-state index is 13.3. The van der Waals surface area contributed by atoms with Crippen LogP contribution in [-0.2, 0) is 19.1 Å². The van der Waals surface area contributed by atoms with Crippen LogP contribution in [0.15, 0.2) is 83.6 Å². The van der Waals surface area contributed by atoms with Crippen LogP contribution in [0, 0.1) is 11.3 Å². The van der Waals surface area contributed by atoms with Crippen molar-refractivity contribution in [2.45, 2.75) is 13.8 Å². The van der Waals surface area contributed by atoms with Gasteiger partial charge in [0.15, 0.2) is 0 Å². The second-order valence-electron chi connectivity index (χ2n) is 7.85. The van der Waals surface area contributed by atoms with Crippen LogP contribution in [-0.4, -0.2) is 45.6 Å². The minimum Gasteiger partial charge on any atom is -0.464 e. The summed E-state index contributed by atoms with van der Waals surface area (Å²) in [5.41, 5.74) is 3.34. The molecular weight excluding hydrogens is 444 g/mol. The van der Waals surface area contributed by atoms with E-state index in [1.165, 1.54) is 6.92 Å². The van der Waals surface area contributed by atoms with Crippen LogP contribution < -0.4 is 0 Å². The third-order valence-electron chi connectivity index (χ3n) is 5.56. The maximum atomic E-state index is 13.3. The Morgan fingerprint density at radius 3 is 2.34 bits per heavy atom. The van der Waals surface area contributed by atoms with E-state index in [-0.39, 0.29) is 29.9 Å². The second kappa shape index (κ2) is 10.0. The molecule has 0 N–H and O–H groups in total. The minimum absolute atomic E-state index is 0.129. The average molecular weight is 466 g/mol. The van der Waals surface area contributed by atoms with Crippen LogP contribution >= 0.6 is 0 Å². The van der Waals surface area contributed by atoms with Gasteiger partial charge in [0.2, 0.25) is 0 Å². The maximum Gasteiger partial charge on any atom is 0.302 e. The van der Waals surface area contributed by atoms with Gasteiger partial charge in [-0.3, -0.25) is 19.3 Å². The van der Waals surface area contributed by atoms with E-state index in [9.17, 15) is 19.6 Å². The fraction of sp³-hybridized carbons (Fsp3) is 0.148. The number of para-hydroxylation sites is 1. The topological polar surface area (TPSA) is 105 Å². The van der Waals surface area contributed by atoms with Crippen molar-refractivity contribution in [3.05, 3.63) is 89.1 Å². The fourth-order valence-electron chi connectivity index (χ4n) is 3.80. The number of ether oxygens (including phenoxy) is 1. The van der Waals surface area contributed by atoms with Gasteiger partial charge in [-0.05, 0) is 30.7 Å². The van der Waals surface area contributed by atoms with Crippen molar-refractivity contribution >= 4 is 23.9 Å². The van der Waals surface area contributed by atoms with Gasteiger partial charge >= 0.3 is 5.97 Å². The zero-order valence-electron chi connectivity index (χ0n) is 19.3. The molecule has 0 bridgehead atoms. The Hall–Kier alpha value is -4.77. The van der Waals surface area contributed by atoms with E-state index in [2.05, 4.69) is 0 Å². The number of nitrogens with zero attached hydrogens (tertiary/aromatic N) is 4. The number of benzene rings is 2. The molecule has 0 atom stereocenters. The first kappa shape index (κ1) is 23.4. The number of carbonyl (C=O) groups excluding carboxylic acids is 3. The van der Waals surface area contributed by atoms with Gasteiger partial charge in [-0.2, -0.15) is 10.4 Å². The van der Waals surface area contributed by atoms with Gasteiger partial charge in [0.05, 0.1) is 17.9 Å². The van der Waals surface area contributed by atoms with Crippen molar-refractivity contribution in [1.82, 2.24) is 14.7 Å². The molecule has 2 amide bonds. The number of nitriles is 1. The highest BCUT2D eigenvalue weighted by molar-refractivity contribution is 6.19. The van der Waals surface area contributed by atoms with Crippen LogP contribution in [0.1, 0.15) is 19.4 Å². The molecule has 0 unspecified atom stereocenters. The predicted octanol–water partition coefficient (Wildman–Crippen LogP) is 3.69. The van der Waals surface area contributed by atoms with Gasteiger partial charge in [-0.25, -0.2) is 4.68 Å². The lowest BCUT2D eigenvalue weighted by Crippen LogP contribution is -2.44. The number of aromatic nitrogens is 2. The van der Waals surface area contributed by atoms with E-state index < -0.39 is 17.8 Å². The third-order valence-corrected chi connectivity index (χ3v) is 5.56. The van der Waals surface area contributed by atoms with Crippen molar-refractivity contribution in [1.29, 1.82) is 5.26 Å². The Kier molecular flexibility index (Phi) is 6.69. The highest BCUT2D eigenvalue weighted by Crippen LogP contribution is 2.31. The lowest BCUT2D eigenvalue weighted by Gasteiger charge is -2.27. The second-order valence-corrected chi connectivity index (χ2v) is 7.85. The predicted molar refractivity (Wildman–Crippen MR) is 129 cm³/mol. The molecule has 1 aromatic heterocycles. The average Bonchev–Trinajstić information content (AvgIpc) is 3.29. The first-order valence-electron chi connectivity index (χ1n) is 10.9.